The highest BCUT2D eigenvalue weighted by Gasteiger charge is 2.29. The number of methoxy groups -OCH3 is 1. The highest BCUT2D eigenvalue weighted by Crippen LogP contribution is 2.44. The molecule has 250 valence electrons. The molecule has 1 aliphatic rings. The lowest BCUT2D eigenvalue weighted by atomic mass is 9.98. The first kappa shape index (κ1) is 32.2. The quantitative estimate of drug-likeness (QED) is 0.151. The van der Waals surface area contributed by atoms with Crippen LogP contribution >= 0.6 is 0 Å². The summed E-state index contributed by atoms with van der Waals surface area (Å²) in [6.45, 7) is 0.398. The summed E-state index contributed by atoms with van der Waals surface area (Å²) in [4.78, 5) is 26.0. The number of alkyl carbamates (subject to hydrolysis) is 1. The van der Waals surface area contributed by atoms with E-state index in [0.717, 1.165) is 39.9 Å². The topological polar surface area (TPSA) is 94.5 Å². The second kappa shape index (κ2) is 13.6. The molecule has 0 atom stereocenters. The Bertz CT molecular complexity index is 2180. The van der Waals surface area contributed by atoms with E-state index in [2.05, 4.69) is 40.0 Å². The molecule has 1 aromatic heterocycles. The van der Waals surface area contributed by atoms with Gasteiger partial charge in [-0.05, 0) is 75.8 Å². The maximum atomic E-state index is 14.0. The zero-order valence-corrected chi connectivity index (χ0v) is 26.6. The van der Waals surface area contributed by atoms with Crippen LogP contribution in [0.3, 0.4) is 0 Å². The third kappa shape index (κ3) is 6.40. The van der Waals surface area contributed by atoms with E-state index in [1.54, 1.807) is 24.4 Å². The molecule has 50 heavy (non-hydrogen) atoms. The van der Waals surface area contributed by atoms with Crippen LogP contribution in [-0.2, 0) is 11.3 Å². The average Bonchev–Trinajstić information content (AvgIpc) is 3.76. The van der Waals surface area contributed by atoms with E-state index in [1.807, 2.05) is 36.4 Å². The van der Waals surface area contributed by atoms with Crippen molar-refractivity contribution in [2.75, 3.05) is 19.0 Å². The third-order valence-electron chi connectivity index (χ3n) is 8.55. The molecule has 6 aromatic rings. The van der Waals surface area contributed by atoms with Gasteiger partial charge in [-0.1, -0.05) is 60.7 Å². The van der Waals surface area contributed by atoms with E-state index in [0.29, 0.717) is 11.4 Å². The van der Waals surface area contributed by atoms with Gasteiger partial charge in [0.05, 0.1) is 18.5 Å². The maximum Gasteiger partial charge on any atom is 0.407 e. The SMILES string of the molecule is COc1ccc(-c2cc(F)c(F)c(F)c2)c(NC(=O)c2ccn(-c3cccc(CNC(=O)OCC4c5ccccc5-c5ccccc54)c3)n2)c1. The summed E-state index contributed by atoms with van der Waals surface area (Å²) in [5, 5.41) is 9.92. The molecular formula is C39H29F3N4O4. The van der Waals surface area contributed by atoms with Crippen LogP contribution in [0.25, 0.3) is 27.9 Å². The van der Waals surface area contributed by atoms with Crippen molar-refractivity contribution in [1.29, 1.82) is 0 Å². The molecule has 0 saturated heterocycles. The van der Waals surface area contributed by atoms with Gasteiger partial charge in [-0.3, -0.25) is 4.79 Å². The minimum absolute atomic E-state index is 0.0217. The number of benzene rings is 5. The molecule has 0 saturated carbocycles. The molecule has 0 fully saturated rings. The smallest absolute Gasteiger partial charge is 0.407 e. The molecule has 0 bridgehead atoms. The normalized spacial score (nSPS) is 11.8. The fraction of sp³-hybridized carbons (Fsp3) is 0.103. The van der Waals surface area contributed by atoms with E-state index in [-0.39, 0.29) is 41.6 Å². The van der Waals surface area contributed by atoms with Crippen molar-refractivity contribution in [1.82, 2.24) is 15.1 Å². The van der Waals surface area contributed by atoms with Gasteiger partial charge in [0.15, 0.2) is 23.1 Å². The average molecular weight is 675 g/mol. The first-order chi connectivity index (χ1) is 24.3. The van der Waals surface area contributed by atoms with Crippen LogP contribution in [0, 0.1) is 17.5 Å². The minimum atomic E-state index is -1.59. The van der Waals surface area contributed by atoms with Gasteiger partial charge in [0.2, 0.25) is 0 Å². The summed E-state index contributed by atoms with van der Waals surface area (Å²) in [6.07, 6.45) is 1.06. The highest BCUT2D eigenvalue weighted by molar-refractivity contribution is 6.05. The minimum Gasteiger partial charge on any atom is -0.497 e. The first-order valence-corrected chi connectivity index (χ1v) is 15.7. The van der Waals surface area contributed by atoms with Crippen molar-refractivity contribution < 1.29 is 32.2 Å². The van der Waals surface area contributed by atoms with Crippen LogP contribution in [0.1, 0.15) is 33.1 Å². The zero-order chi connectivity index (χ0) is 34.8. The van der Waals surface area contributed by atoms with Gasteiger partial charge in [0.25, 0.3) is 5.91 Å². The number of rotatable bonds is 9. The molecule has 8 nitrogen and oxygen atoms in total. The molecule has 1 aliphatic carbocycles. The van der Waals surface area contributed by atoms with Crippen molar-refractivity contribution in [2.45, 2.75) is 12.5 Å². The third-order valence-corrected chi connectivity index (χ3v) is 8.55. The molecule has 2 N–H and O–H groups in total. The van der Waals surface area contributed by atoms with Crippen LogP contribution in [0.5, 0.6) is 5.75 Å². The predicted octanol–water partition coefficient (Wildman–Crippen LogP) is 8.26. The second-order valence-electron chi connectivity index (χ2n) is 11.6. The summed E-state index contributed by atoms with van der Waals surface area (Å²) in [7, 11) is 1.43. The van der Waals surface area contributed by atoms with Gasteiger partial charge in [0.1, 0.15) is 12.4 Å². The lowest BCUT2D eigenvalue weighted by Gasteiger charge is -2.15. The number of anilines is 1. The van der Waals surface area contributed by atoms with E-state index in [4.69, 9.17) is 9.47 Å². The Morgan fingerprint density at radius 3 is 2.20 bits per heavy atom. The Kier molecular flexibility index (Phi) is 8.78. The number of carbonyl (C=O) groups excluding carboxylic acids is 2. The molecular weight excluding hydrogens is 645 g/mol. The van der Waals surface area contributed by atoms with Gasteiger partial charge in [-0.25, -0.2) is 22.6 Å². The largest absolute Gasteiger partial charge is 0.497 e. The van der Waals surface area contributed by atoms with E-state index in [9.17, 15) is 22.8 Å². The number of fused-ring (bicyclic) bond motifs is 3. The predicted molar refractivity (Wildman–Crippen MR) is 182 cm³/mol. The monoisotopic (exact) mass is 674 g/mol. The van der Waals surface area contributed by atoms with Crippen molar-refractivity contribution in [3.05, 3.63) is 155 Å². The van der Waals surface area contributed by atoms with Crippen LogP contribution in [0.2, 0.25) is 0 Å². The summed E-state index contributed by atoms with van der Waals surface area (Å²) in [5.74, 6) is -4.58. The van der Waals surface area contributed by atoms with Gasteiger partial charge < -0.3 is 20.1 Å². The van der Waals surface area contributed by atoms with Crippen molar-refractivity contribution in [3.8, 4) is 33.7 Å². The standard InChI is InChI=1S/C39H29F3N4O4/c1-49-26-13-14-27(24-18-33(40)37(42)34(41)19-24)36(20-26)44-38(47)35-15-16-46(45-35)25-8-6-7-23(17-25)21-43-39(48)50-22-32-30-11-4-2-9-28(30)29-10-3-5-12-31(29)32/h2-20,32H,21-22H2,1H3,(H,43,48)(H,44,47). The Hall–Kier alpha value is -6.36. The maximum absolute atomic E-state index is 14.0. The number of hydrogen-bond acceptors (Lipinski definition) is 5. The van der Waals surface area contributed by atoms with E-state index >= 15 is 0 Å². The van der Waals surface area contributed by atoms with Gasteiger partial charge in [-0.15, -0.1) is 0 Å². The molecule has 0 aliphatic heterocycles. The molecule has 1 heterocycles. The zero-order valence-electron chi connectivity index (χ0n) is 26.6. The lowest BCUT2D eigenvalue weighted by Crippen LogP contribution is -2.25. The molecule has 5 aromatic carbocycles. The molecule has 7 rings (SSSR count). The number of halogens is 3. The van der Waals surface area contributed by atoms with Crippen LogP contribution in [0.15, 0.2) is 115 Å². The summed E-state index contributed by atoms with van der Waals surface area (Å²) in [5.41, 5.74) is 6.46. The lowest BCUT2D eigenvalue weighted by molar-refractivity contribution is 0.102. The Balaban J connectivity index is 1.00. The van der Waals surface area contributed by atoms with Crippen LogP contribution in [-0.4, -0.2) is 35.5 Å². The fourth-order valence-corrected chi connectivity index (χ4v) is 6.12. The van der Waals surface area contributed by atoms with Crippen molar-refractivity contribution in [3.63, 3.8) is 0 Å². The number of carbonyl (C=O) groups is 2. The number of amides is 2. The van der Waals surface area contributed by atoms with Crippen molar-refractivity contribution >= 4 is 17.7 Å². The van der Waals surface area contributed by atoms with E-state index < -0.39 is 29.5 Å². The van der Waals surface area contributed by atoms with Crippen molar-refractivity contribution in [2.24, 2.45) is 0 Å². The Morgan fingerprint density at radius 2 is 1.50 bits per heavy atom. The van der Waals surface area contributed by atoms with Gasteiger partial charge >= 0.3 is 6.09 Å². The van der Waals surface area contributed by atoms with Gasteiger partial charge in [0, 0.05) is 30.3 Å². The fourth-order valence-electron chi connectivity index (χ4n) is 6.12. The molecule has 0 spiro atoms. The number of aromatic nitrogens is 2. The number of nitrogens with one attached hydrogen (secondary N) is 2. The number of nitrogens with zero attached hydrogens (tertiary/aromatic N) is 2. The summed E-state index contributed by atoms with van der Waals surface area (Å²) < 4.78 is 54.1. The first-order valence-electron chi connectivity index (χ1n) is 15.7. The van der Waals surface area contributed by atoms with Crippen LogP contribution < -0.4 is 15.4 Å². The summed E-state index contributed by atoms with van der Waals surface area (Å²) >= 11 is 0. The number of ether oxygens (including phenoxy) is 2. The molecule has 2 amide bonds. The summed E-state index contributed by atoms with van der Waals surface area (Å²) in [6, 6.07) is 31.2. The molecule has 0 unspecified atom stereocenters. The second-order valence-corrected chi connectivity index (χ2v) is 11.6. The van der Waals surface area contributed by atoms with Crippen LogP contribution in [0.4, 0.5) is 23.7 Å². The molecule has 11 heteroatoms. The highest BCUT2D eigenvalue weighted by atomic mass is 19.2. The van der Waals surface area contributed by atoms with E-state index in [1.165, 1.54) is 30.0 Å². The Morgan fingerprint density at radius 1 is 0.800 bits per heavy atom. The number of hydrogen-bond donors (Lipinski definition) is 2. The Labute approximate surface area is 285 Å². The molecule has 0 radical (unpaired) electrons. The van der Waals surface area contributed by atoms with Gasteiger partial charge in [-0.2, -0.15) is 5.10 Å².